The fourth-order valence-electron chi connectivity index (χ4n) is 1.95. The van der Waals surface area contributed by atoms with Gasteiger partial charge in [-0.25, -0.2) is 9.59 Å². The highest BCUT2D eigenvalue weighted by atomic mass is 32.2. The standard InChI is InChI=1S/C18H28N2O4S/c1-6-20(5)14-9-7-13(8-10-14)11-25-12-15(16(21)22)19-17(23)24-18(2,3)4/h7-10,15H,6,11-12H2,1-5H3,(H,19,23)(H,21,22)/t15-/m0/s1. The number of carbonyl (C=O) groups is 2. The van der Waals surface area contributed by atoms with E-state index in [0.29, 0.717) is 5.75 Å². The summed E-state index contributed by atoms with van der Waals surface area (Å²) in [4.78, 5) is 25.2. The van der Waals surface area contributed by atoms with Gasteiger partial charge in [0, 0.05) is 30.8 Å². The molecule has 0 heterocycles. The minimum atomic E-state index is -1.07. The molecule has 2 N–H and O–H groups in total. The summed E-state index contributed by atoms with van der Waals surface area (Å²) in [5.41, 5.74) is 1.60. The smallest absolute Gasteiger partial charge is 0.408 e. The van der Waals surface area contributed by atoms with Crippen molar-refractivity contribution in [2.45, 2.75) is 45.1 Å². The molecule has 1 aromatic carbocycles. The lowest BCUT2D eigenvalue weighted by atomic mass is 10.2. The molecule has 0 saturated carbocycles. The second kappa shape index (κ2) is 9.56. The van der Waals surface area contributed by atoms with Crippen molar-refractivity contribution in [1.82, 2.24) is 5.32 Å². The van der Waals surface area contributed by atoms with Crippen LogP contribution in [0.4, 0.5) is 10.5 Å². The van der Waals surface area contributed by atoms with Crippen LogP contribution in [0.2, 0.25) is 0 Å². The topological polar surface area (TPSA) is 78.9 Å². The number of carbonyl (C=O) groups excluding carboxylic acids is 1. The summed E-state index contributed by atoms with van der Waals surface area (Å²) >= 11 is 1.46. The van der Waals surface area contributed by atoms with E-state index >= 15 is 0 Å². The molecule has 1 atom stereocenters. The van der Waals surface area contributed by atoms with E-state index in [1.807, 2.05) is 31.3 Å². The van der Waals surface area contributed by atoms with E-state index in [9.17, 15) is 14.7 Å². The van der Waals surface area contributed by atoms with Gasteiger partial charge in [0.1, 0.15) is 11.6 Å². The zero-order chi connectivity index (χ0) is 19.0. The molecule has 0 aliphatic carbocycles. The average Bonchev–Trinajstić information content (AvgIpc) is 2.52. The maximum atomic E-state index is 11.7. The van der Waals surface area contributed by atoms with Crippen molar-refractivity contribution >= 4 is 29.5 Å². The normalized spacial score (nSPS) is 12.4. The minimum Gasteiger partial charge on any atom is -0.480 e. The number of ether oxygens (including phenoxy) is 1. The van der Waals surface area contributed by atoms with E-state index in [-0.39, 0.29) is 5.75 Å². The molecule has 0 aliphatic heterocycles. The van der Waals surface area contributed by atoms with Crippen LogP contribution in [-0.2, 0) is 15.3 Å². The molecular weight excluding hydrogens is 340 g/mol. The summed E-state index contributed by atoms with van der Waals surface area (Å²) in [5, 5.41) is 11.7. The second-order valence-corrected chi connectivity index (χ2v) is 7.76. The van der Waals surface area contributed by atoms with Crippen LogP contribution in [0.15, 0.2) is 24.3 Å². The molecule has 0 aliphatic rings. The Morgan fingerprint density at radius 2 is 1.88 bits per heavy atom. The molecule has 0 fully saturated rings. The lowest BCUT2D eigenvalue weighted by Gasteiger charge is -2.22. The molecular formula is C18H28N2O4S. The Labute approximate surface area is 153 Å². The number of amides is 1. The number of alkyl carbamates (subject to hydrolysis) is 1. The van der Waals surface area contributed by atoms with E-state index in [4.69, 9.17) is 4.74 Å². The number of benzene rings is 1. The number of carboxylic acid groups (broad SMARTS) is 1. The van der Waals surface area contributed by atoms with Crippen molar-refractivity contribution in [3.63, 3.8) is 0 Å². The molecule has 0 aromatic heterocycles. The van der Waals surface area contributed by atoms with Crippen LogP contribution in [0, 0.1) is 0 Å². The van der Waals surface area contributed by atoms with Gasteiger partial charge in [0.2, 0.25) is 0 Å². The number of anilines is 1. The number of aliphatic carboxylic acids is 1. The molecule has 1 aromatic rings. The Hall–Kier alpha value is -1.89. The maximum Gasteiger partial charge on any atom is 0.408 e. The second-order valence-electron chi connectivity index (χ2n) is 6.73. The molecule has 1 amide bonds. The van der Waals surface area contributed by atoms with Crippen molar-refractivity contribution in [3.05, 3.63) is 29.8 Å². The predicted molar refractivity (Wildman–Crippen MR) is 102 cm³/mol. The maximum absolute atomic E-state index is 11.7. The molecule has 0 bridgehead atoms. The van der Waals surface area contributed by atoms with Gasteiger partial charge >= 0.3 is 12.1 Å². The van der Waals surface area contributed by atoms with Gasteiger partial charge < -0.3 is 20.1 Å². The zero-order valence-corrected chi connectivity index (χ0v) is 16.4. The van der Waals surface area contributed by atoms with Crippen LogP contribution in [0.25, 0.3) is 0 Å². The third kappa shape index (κ3) is 8.16. The summed E-state index contributed by atoms with van der Waals surface area (Å²) in [5.74, 6) is -0.126. The zero-order valence-electron chi connectivity index (χ0n) is 15.5. The first kappa shape index (κ1) is 21.2. The molecule has 25 heavy (non-hydrogen) atoms. The Balaban J connectivity index is 2.50. The molecule has 7 heteroatoms. The number of carboxylic acids is 1. The SMILES string of the molecule is CCN(C)c1ccc(CSC[C@H](NC(=O)OC(C)(C)C)C(=O)O)cc1. The highest BCUT2D eigenvalue weighted by Crippen LogP contribution is 2.18. The summed E-state index contributed by atoms with van der Waals surface area (Å²) < 4.78 is 5.10. The Morgan fingerprint density at radius 1 is 1.28 bits per heavy atom. The average molecular weight is 368 g/mol. The largest absolute Gasteiger partial charge is 0.480 e. The summed E-state index contributed by atoms with van der Waals surface area (Å²) in [6.07, 6.45) is -0.715. The molecule has 140 valence electrons. The van der Waals surface area contributed by atoms with Crippen molar-refractivity contribution < 1.29 is 19.4 Å². The van der Waals surface area contributed by atoms with Crippen LogP contribution < -0.4 is 10.2 Å². The van der Waals surface area contributed by atoms with Gasteiger partial charge in [-0.05, 0) is 45.4 Å². The van der Waals surface area contributed by atoms with Gasteiger partial charge in [-0.3, -0.25) is 0 Å². The quantitative estimate of drug-likeness (QED) is 0.732. The third-order valence-corrected chi connectivity index (χ3v) is 4.50. The van der Waals surface area contributed by atoms with Gasteiger partial charge in [-0.1, -0.05) is 12.1 Å². The number of thioether (sulfide) groups is 1. The fraction of sp³-hybridized carbons (Fsp3) is 0.556. The number of hydrogen-bond acceptors (Lipinski definition) is 5. The summed E-state index contributed by atoms with van der Waals surface area (Å²) in [6.45, 7) is 8.22. The van der Waals surface area contributed by atoms with Crippen LogP contribution in [0.1, 0.15) is 33.3 Å². The van der Waals surface area contributed by atoms with E-state index in [1.165, 1.54) is 11.8 Å². The van der Waals surface area contributed by atoms with Crippen molar-refractivity contribution in [3.8, 4) is 0 Å². The first-order valence-electron chi connectivity index (χ1n) is 8.22. The van der Waals surface area contributed by atoms with Crippen molar-refractivity contribution in [2.24, 2.45) is 0 Å². The lowest BCUT2D eigenvalue weighted by Crippen LogP contribution is -2.44. The van der Waals surface area contributed by atoms with Crippen molar-refractivity contribution in [2.75, 3.05) is 24.2 Å². The van der Waals surface area contributed by atoms with Crippen LogP contribution in [0.5, 0.6) is 0 Å². The number of nitrogens with zero attached hydrogens (tertiary/aromatic N) is 1. The summed E-state index contributed by atoms with van der Waals surface area (Å²) in [6, 6.07) is 7.18. The van der Waals surface area contributed by atoms with Gasteiger partial charge in [0.25, 0.3) is 0 Å². The van der Waals surface area contributed by atoms with Gasteiger partial charge in [-0.15, -0.1) is 0 Å². The Morgan fingerprint density at radius 3 is 2.36 bits per heavy atom. The van der Waals surface area contributed by atoms with Crippen LogP contribution in [0.3, 0.4) is 0 Å². The number of hydrogen-bond donors (Lipinski definition) is 2. The molecule has 0 saturated heterocycles. The molecule has 0 spiro atoms. The van der Waals surface area contributed by atoms with E-state index in [0.717, 1.165) is 17.8 Å². The first-order chi connectivity index (χ1) is 11.6. The Bertz CT molecular complexity index is 569. The van der Waals surface area contributed by atoms with Crippen LogP contribution >= 0.6 is 11.8 Å². The predicted octanol–water partition coefficient (Wildman–Crippen LogP) is 3.35. The van der Waals surface area contributed by atoms with Gasteiger partial charge in [0.05, 0.1) is 0 Å². The Kier molecular flexibility index (Phi) is 8.09. The monoisotopic (exact) mass is 368 g/mol. The van der Waals surface area contributed by atoms with Crippen molar-refractivity contribution in [1.29, 1.82) is 0 Å². The lowest BCUT2D eigenvalue weighted by molar-refractivity contribution is -0.138. The summed E-state index contributed by atoms with van der Waals surface area (Å²) in [7, 11) is 2.03. The molecule has 1 rings (SSSR count). The first-order valence-corrected chi connectivity index (χ1v) is 9.38. The van der Waals surface area contributed by atoms with Gasteiger partial charge in [0.15, 0.2) is 0 Å². The molecule has 0 radical (unpaired) electrons. The van der Waals surface area contributed by atoms with E-state index < -0.39 is 23.7 Å². The van der Waals surface area contributed by atoms with E-state index in [2.05, 4.69) is 17.1 Å². The highest BCUT2D eigenvalue weighted by molar-refractivity contribution is 7.98. The third-order valence-electron chi connectivity index (χ3n) is 3.39. The highest BCUT2D eigenvalue weighted by Gasteiger charge is 2.23. The minimum absolute atomic E-state index is 0.269. The van der Waals surface area contributed by atoms with Crippen LogP contribution in [-0.4, -0.2) is 48.2 Å². The van der Waals surface area contributed by atoms with E-state index in [1.54, 1.807) is 20.8 Å². The number of rotatable bonds is 8. The fourth-order valence-corrected chi connectivity index (χ4v) is 2.96. The molecule has 0 unspecified atom stereocenters. The number of nitrogens with one attached hydrogen (secondary N) is 1. The van der Waals surface area contributed by atoms with Gasteiger partial charge in [-0.2, -0.15) is 11.8 Å². The molecule has 6 nitrogen and oxygen atoms in total.